The van der Waals surface area contributed by atoms with Crippen LogP contribution in [0.2, 0.25) is 0 Å². The summed E-state index contributed by atoms with van der Waals surface area (Å²) in [4.78, 5) is 32.2. The number of amides is 1. The number of carbonyl (C=O) groups excluding carboxylic acids is 1. The summed E-state index contributed by atoms with van der Waals surface area (Å²) in [6, 6.07) is 12.1. The molecule has 1 aliphatic rings. The third-order valence-electron chi connectivity index (χ3n) is 5.12. The number of rotatable bonds is 4. The number of fused-ring (bicyclic) bond motifs is 2. The molecule has 1 atom stereocenters. The van der Waals surface area contributed by atoms with Gasteiger partial charge in [0.25, 0.3) is 5.56 Å². The van der Waals surface area contributed by atoms with Gasteiger partial charge in [-0.3, -0.25) is 14.2 Å². The lowest BCUT2D eigenvalue weighted by Gasteiger charge is -2.33. The molecule has 7 nitrogen and oxygen atoms in total. The van der Waals surface area contributed by atoms with E-state index < -0.39 is 6.04 Å². The van der Waals surface area contributed by atoms with E-state index in [2.05, 4.69) is 4.98 Å². The summed E-state index contributed by atoms with van der Waals surface area (Å²) in [5, 5.41) is 0.524. The van der Waals surface area contributed by atoms with Crippen molar-refractivity contribution in [1.82, 2.24) is 14.5 Å². The first kappa shape index (κ1) is 18.0. The lowest BCUT2D eigenvalue weighted by Crippen LogP contribution is -2.46. The first-order valence-electron chi connectivity index (χ1n) is 9.03. The largest absolute Gasteiger partial charge is 0.497 e. The van der Waals surface area contributed by atoms with Crippen molar-refractivity contribution in [1.29, 1.82) is 0 Å². The smallest absolute Gasteiger partial charge is 0.262 e. The van der Waals surface area contributed by atoms with E-state index in [1.807, 2.05) is 24.3 Å². The van der Waals surface area contributed by atoms with Crippen LogP contribution in [0.1, 0.15) is 24.4 Å². The Hall–Kier alpha value is -3.35. The average molecular weight is 379 g/mol. The second-order valence-electron chi connectivity index (χ2n) is 6.77. The molecule has 1 unspecified atom stereocenters. The van der Waals surface area contributed by atoms with Crippen molar-refractivity contribution in [2.24, 2.45) is 0 Å². The van der Waals surface area contributed by atoms with Crippen LogP contribution in [0, 0.1) is 0 Å². The third-order valence-corrected chi connectivity index (χ3v) is 5.12. The molecule has 1 amide bonds. The van der Waals surface area contributed by atoms with Gasteiger partial charge < -0.3 is 14.4 Å². The van der Waals surface area contributed by atoms with Crippen molar-refractivity contribution in [3.8, 4) is 11.5 Å². The van der Waals surface area contributed by atoms with E-state index in [9.17, 15) is 9.59 Å². The Balaban J connectivity index is 1.73. The number of aromatic nitrogens is 2. The van der Waals surface area contributed by atoms with Gasteiger partial charge in [0, 0.05) is 18.2 Å². The van der Waals surface area contributed by atoms with Crippen LogP contribution < -0.4 is 15.0 Å². The second-order valence-corrected chi connectivity index (χ2v) is 6.77. The van der Waals surface area contributed by atoms with Crippen molar-refractivity contribution < 1.29 is 14.3 Å². The Morgan fingerprint density at radius 3 is 2.64 bits per heavy atom. The highest BCUT2D eigenvalue weighted by molar-refractivity contribution is 5.83. The summed E-state index contributed by atoms with van der Waals surface area (Å²) in [5.41, 5.74) is 1.32. The Labute approximate surface area is 162 Å². The van der Waals surface area contributed by atoms with Gasteiger partial charge in [0.2, 0.25) is 5.91 Å². The van der Waals surface area contributed by atoms with Crippen LogP contribution in [-0.4, -0.2) is 34.6 Å². The molecule has 144 valence electrons. The number of para-hydroxylation sites is 1. The van der Waals surface area contributed by atoms with Crippen LogP contribution >= 0.6 is 0 Å². The monoisotopic (exact) mass is 379 g/mol. The van der Waals surface area contributed by atoms with E-state index in [1.54, 1.807) is 44.2 Å². The fourth-order valence-corrected chi connectivity index (χ4v) is 3.65. The second kappa shape index (κ2) is 6.99. The van der Waals surface area contributed by atoms with Gasteiger partial charge in [-0.05, 0) is 31.2 Å². The van der Waals surface area contributed by atoms with E-state index in [0.717, 1.165) is 5.56 Å². The summed E-state index contributed by atoms with van der Waals surface area (Å²) in [6.45, 7) is 2.36. The minimum Gasteiger partial charge on any atom is -0.497 e. The van der Waals surface area contributed by atoms with Crippen molar-refractivity contribution in [2.75, 3.05) is 14.2 Å². The molecule has 2 aromatic carbocycles. The topological polar surface area (TPSA) is 73.7 Å². The van der Waals surface area contributed by atoms with Crippen LogP contribution in [0.25, 0.3) is 10.9 Å². The van der Waals surface area contributed by atoms with Gasteiger partial charge in [-0.15, -0.1) is 0 Å². The first-order chi connectivity index (χ1) is 13.5. The molecule has 0 radical (unpaired) electrons. The molecule has 7 heteroatoms. The molecule has 0 aliphatic carbocycles. The molecule has 0 saturated carbocycles. The molecule has 0 N–H and O–H groups in total. The molecule has 4 rings (SSSR count). The zero-order valence-electron chi connectivity index (χ0n) is 16.0. The normalized spacial score (nSPS) is 16.2. The molecule has 0 saturated heterocycles. The maximum absolute atomic E-state index is 13.0. The van der Waals surface area contributed by atoms with Gasteiger partial charge in [-0.2, -0.15) is 0 Å². The lowest BCUT2D eigenvalue weighted by atomic mass is 10.1. The number of nitrogens with zero attached hydrogens (tertiary/aromatic N) is 3. The van der Waals surface area contributed by atoms with Crippen LogP contribution in [-0.2, 0) is 17.9 Å². The molecule has 3 aromatic rings. The molecule has 1 aliphatic heterocycles. The molecule has 28 heavy (non-hydrogen) atoms. The van der Waals surface area contributed by atoms with Crippen LogP contribution in [0.3, 0.4) is 0 Å². The summed E-state index contributed by atoms with van der Waals surface area (Å²) in [6.07, 6.45) is 0. The minimum atomic E-state index is -0.613. The number of ether oxygens (including phenoxy) is 2. The predicted octanol–water partition coefficient (Wildman–Crippen LogP) is 2.52. The highest BCUT2D eigenvalue weighted by Crippen LogP contribution is 2.28. The zero-order chi connectivity index (χ0) is 19.8. The molecule has 1 aromatic heterocycles. The van der Waals surface area contributed by atoms with Gasteiger partial charge in [0.05, 0.1) is 31.7 Å². The first-order valence-corrected chi connectivity index (χ1v) is 9.03. The van der Waals surface area contributed by atoms with E-state index >= 15 is 0 Å². The predicted molar refractivity (Wildman–Crippen MR) is 105 cm³/mol. The highest BCUT2D eigenvalue weighted by Gasteiger charge is 2.32. The number of carbonyl (C=O) groups is 1. The SMILES string of the molecule is COc1ccc(CN2Cc3nc4ccccc4c(=O)n3C(C)C2=O)c(OC)c1. The Morgan fingerprint density at radius 2 is 1.89 bits per heavy atom. The van der Waals surface area contributed by atoms with Crippen molar-refractivity contribution in [2.45, 2.75) is 26.1 Å². The fraction of sp³-hybridized carbons (Fsp3) is 0.286. The van der Waals surface area contributed by atoms with Gasteiger partial charge >= 0.3 is 0 Å². The number of benzene rings is 2. The Morgan fingerprint density at radius 1 is 1.11 bits per heavy atom. The number of hydrogen-bond acceptors (Lipinski definition) is 5. The molecular weight excluding hydrogens is 358 g/mol. The maximum Gasteiger partial charge on any atom is 0.262 e. The van der Waals surface area contributed by atoms with Gasteiger partial charge in [-0.1, -0.05) is 12.1 Å². The molecule has 0 spiro atoms. The summed E-state index contributed by atoms with van der Waals surface area (Å²) < 4.78 is 12.2. The van der Waals surface area contributed by atoms with Crippen molar-refractivity contribution in [3.63, 3.8) is 0 Å². The standard InChI is InChI=1S/C21H21N3O4/c1-13-20(25)23(11-14-8-9-15(27-2)10-18(14)28-3)12-19-22-17-7-5-4-6-16(17)21(26)24(13)19/h4-10,13H,11-12H2,1-3H3. The Kier molecular flexibility index (Phi) is 4.50. The highest BCUT2D eigenvalue weighted by atomic mass is 16.5. The number of methoxy groups -OCH3 is 2. The summed E-state index contributed by atoms with van der Waals surface area (Å²) in [5.74, 6) is 1.80. The quantitative estimate of drug-likeness (QED) is 0.696. The van der Waals surface area contributed by atoms with Gasteiger partial charge in [-0.25, -0.2) is 4.98 Å². The lowest BCUT2D eigenvalue weighted by molar-refractivity contribution is -0.137. The zero-order valence-corrected chi connectivity index (χ0v) is 16.0. The molecule has 0 bridgehead atoms. The average Bonchev–Trinajstić information content (AvgIpc) is 2.72. The van der Waals surface area contributed by atoms with E-state index in [1.165, 1.54) is 4.57 Å². The van der Waals surface area contributed by atoms with E-state index in [-0.39, 0.29) is 18.0 Å². The Bertz CT molecular complexity index is 1120. The maximum atomic E-state index is 13.0. The third kappa shape index (κ3) is 2.89. The van der Waals surface area contributed by atoms with Gasteiger partial charge in [0.1, 0.15) is 23.4 Å². The number of hydrogen-bond donors (Lipinski definition) is 0. The summed E-state index contributed by atoms with van der Waals surface area (Å²) in [7, 11) is 3.18. The minimum absolute atomic E-state index is 0.121. The summed E-state index contributed by atoms with van der Waals surface area (Å²) >= 11 is 0. The van der Waals surface area contributed by atoms with E-state index in [0.29, 0.717) is 34.8 Å². The molecular formula is C21H21N3O4. The molecule has 2 heterocycles. The van der Waals surface area contributed by atoms with Crippen LogP contribution in [0.4, 0.5) is 0 Å². The van der Waals surface area contributed by atoms with Crippen molar-refractivity contribution in [3.05, 3.63) is 64.2 Å². The molecule has 0 fully saturated rings. The van der Waals surface area contributed by atoms with Crippen molar-refractivity contribution >= 4 is 16.8 Å². The van der Waals surface area contributed by atoms with Crippen LogP contribution in [0.15, 0.2) is 47.3 Å². The fourth-order valence-electron chi connectivity index (χ4n) is 3.65. The van der Waals surface area contributed by atoms with Crippen LogP contribution in [0.5, 0.6) is 11.5 Å². The van der Waals surface area contributed by atoms with Gasteiger partial charge in [0.15, 0.2) is 0 Å². The van der Waals surface area contributed by atoms with E-state index in [4.69, 9.17) is 9.47 Å².